The molecular formula is C15H22ClNO2. The van der Waals surface area contributed by atoms with E-state index in [1.807, 2.05) is 26.1 Å². The normalized spacial score (nSPS) is 11.5. The molecule has 0 amide bonds. The summed E-state index contributed by atoms with van der Waals surface area (Å²) in [5.41, 5.74) is 2.34. The van der Waals surface area contributed by atoms with Crippen molar-refractivity contribution in [3.63, 3.8) is 0 Å². The molecule has 0 aromatic heterocycles. The second-order valence-corrected chi connectivity index (χ2v) is 4.56. The Bertz CT molecular complexity index is 444. The zero-order valence-electron chi connectivity index (χ0n) is 12.0. The fraction of sp³-hybridized carbons (Fsp3) is 0.467. The van der Waals surface area contributed by atoms with E-state index in [0.717, 1.165) is 18.5 Å². The van der Waals surface area contributed by atoms with Crippen LogP contribution in [0.5, 0.6) is 11.5 Å². The Balaban J connectivity index is 3.13. The summed E-state index contributed by atoms with van der Waals surface area (Å²) in [4.78, 5) is 0. The van der Waals surface area contributed by atoms with Gasteiger partial charge in [-0.05, 0) is 38.1 Å². The van der Waals surface area contributed by atoms with Gasteiger partial charge < -0.3 is 14.8 Å². The monoisotopic (exact) mass is 283 g/mol. The highest BCUT2D eigenvalue weighted by molar-refractivity contribution is 6.32. The van der Waals surface area contributed by atoms with E-state index >= 15 is 0 Å². The molecule has 19 heavy (non-hydrogen) atoms. The summed E-state index contributed by atoms with van der Waals surface area (Å²) in [6.45, 7) is 5.48. The molecule has 3 nitrogen and oxygen atoms in total. The molecule has 1 aromatic rings. The predicted molar refractivity (Wildman–Crippen MR) is 81.4 cm³/mol. The molecule has 0 aliphatic heterocycles. The Morgan fingerprint density at radius 1 is 1.37 bits per heavy atom. The van der Waals surface area contributed by atoms with Crippen LogP contribution in [0.3, 0.4) is 0 Å². The number of benzene rings is 1. The minimum absolute atomic E-state index is 0.561. The maximum atomic E-state index is 6.25. The Labute approximate surface area is 120 Å². The molecule has 1 N–H and O–H groups in total. The molecule has 0 unspecified atom stereocenters. The van der Waals surface area contributed by atoms with Gasteiger partial charge in [0.2, 0.25) is 0 Å². The summed E-state index contributed by atoms with van der Waals surface area (Å²) in [6, 6.07) is 3.85. The van der Waals surface area contributed by atoms with Crippen molar-refractivity contribution in [3.8, 4) is 11.5 Å². The van der Waals surface area contributed by atoms with E-state index in [4.69, 9.17) is 21.1 Å². The third kappa shape index (κ3) is 4.44. The molecule has 0 saturated carbocycles. The van der Waals surface area contributed by atoms with Crippen LogP contribution in [0.25, 0.3) is 6.08 Å². The van der Waals surface area contributed by atoms with Gasteiger partial charge in [-0.1, -0.05) is 30.2 Å². The van der Waals surface area contributed by atoms with Gasteiger partial charge in [0.1, 0.15) is 0 Å². The first-order chi connectivity index (χ1) is 9.15. The predicted octanol–water partition coefficient (Wildman–Crippen LogP) is 3.76. The minimum atomic E-state index is 0.561. The van der Waals surface area contributed by atoms with Crippen LogP contribution in [0.15, 0.2) is 17.7 Å². The lowest BCUT2D eigenvalue weighted by atomic mass is 10.1. The van der Waals surface area contributed by atoms with E-state index in [1.165, 1.54) is 5.57 Å². The van der Waals surface area contributed by atoms with Gasteiger partial charge in [-0.15, -0.1) is 0 Å². The van der Waals surface area contributed by atoms with Crippen LogP contribution in [-0.4, -0.2) is 27.3 Å². The molecule has 106 valence electrons. The van der Waals surface area contributed by atoms with Gasteiger partial charge in [0.25, 0.3) is 0 Å². The third-order valence-electron chi connectivity index (χ3n) is 2.77. The number of ether oxygens (including phenoxy) is 2. The maximum absolute atomic E-state index is 6.25. The Kier molecular flexibility index (Phi) is 6.74. The van der Waals surface area contributed by atoms with Gasteiger partial charge in [-0.3, -0.25) is 0 Å². The minimum Gasteiger partial charge on any atom is -0.493 e. The molecule has 1 aromatic carbocycles. The van der Waals surface area contributed by atoms with E-state index in [2.05, 4.69) is 18.3 Å². The lowest BCUT2D eigenvalue weighted by Gasteiger charge is -2.12. The number of halogens is 1. The average molecular weight is 284 g/mol. The third-order valence-corrected chi connectivity index (χ3v) is 3.05. The number of rotatable bonds is 7. The number of nitrogens with one attached hydrogen (secondary N) is 1. The number of hydrogen-bond acceptors (Lipinski definition) is 3. The highest BCUT2D eigenvalue weighted by atomic mass is 35.5. The number of methoxy groups -OCH3 is 1. The van der Waals surface area contributed by atoms with Crippen LogP contribution in [0.2, 0.25) is 5.02 Å². The molecular weight excluding hydrogens is 262 g/mol. The summed E-state index contributed by atoms with van der Waals surface area (Å²) in [5, 5.41) is 3.73. The summed E-state index contributed by atoms with van der Waals surface area (Å²) >= 11 is 6.25. The lowest BCUT2D eigenvalue weighted by molar-refractivity contribution is 0.311. The molecule has 1 rings (SSSR count). The highest BCUT2D eigenvalue weighted by Crippen LogP contribution is 2.37. The fourth-order valence-electron chi connectivity index (χ4n) is 1.85. The van der Waals surface area contributed by atoms with Gasteiger partial charge in [0, 0.05) is 6.54 Å². The van der Waals surface area contributed by atoms with E-state index in [0.29, 0.717) is 23.1 Å². The van der Waals surface area contributed by atoms with Crippen molar-refractivity contribution in [2.45, 2.75) is 20.3 Å². The van der Waals surface area contributed by atoms with Gasteiger partial charge in [0.15, 0.2) is 11.5 Å². The second kappa shape index (κ2) is 8.08. The van der Waals surface area contributed by atoms with Gasteiger partial charge >= 0.3 is 0 Å². The first-order valence-electron chi connectivity index (χ1n) is 6.50. The van der Waals surface area contributed by atoms with Gasteiger partial charge in [0.05, 0.1) is 18.7 Å². The van der Waals surface area contributed by atoms with Crippen molar-refractivity contribution in [2.24, 2.45) is 0 Å². The molecule has 0 radical (unpaired) electrons. The highest BCUT2D eigenvalue weighted by Gasteiger charge is 2.11. The second-order valence-electron chi connectivity index (χ2n) is 4.15. The molecule has 0 heterocycles. The molecule has 0 atom stereocenters. The molecule has 0 saturated heterocycles. The van der Waals surface area contributed by atoms with Crippen LogP contribution in [0, 0.1) is 0 Å². The largest absolute Gasteiger partial charge is 0.493 e. The van der Waals surface area contributed by atoms with Crippen LogP contribution >= 0.6 is 11.6 Å². The summed E-state index contributed by atoms with van der Waals surface area (Å²) < 4.78 is 10.8. The van der Waals surface area contributed by atoms with Crippen molar-refractivity contribution in [3.05, 3.63) is 28.3 Å². The quantitative estimate of drug-likeness (QED) is 0.826. The zero-order chi connectivity index (χ0) is 14.3. The van der Waals surface area contributed by atoms with E-state index in [9.17, 15) is 0 Å². The molecule has 0 bridgehead atoms. The Hall–Kier alpha value is -1.19. The topological polar surface area (TPSA) is 30.5 Å². The Morgan fingerprint density at radius 3 is 2.63 bits per heavy atom. The van der Waals surface area contributed by atoms with Gasteiger partial charge in [-0.2, -0.15) is 0 Å². The first-order valence-corrected chi connectivity index (χ1v) is 6.88. The molecule has 0 fully saturated rings. The van der Waals surface area contributed by atoms with Crippen molar-refractivity contribution in [1.82, 2.24) is 5.32 Å². The zero-order valence-corrected chi connectivity index (χ0v) is 12.8. The molecule has 4 heteroatoms. The molecule has 0 spiro atoms. The SMILES string of the molecule is CCOc1c(Cl)cc(C=C(CC)CNC)cc1OC. The number of likely N-dealkylation sites (N-methyl/N-ethyl adjacent to an activating group) is 1. The first kappa shape index (κ1) is 15.9. The van der Waals surface area contributed by atoms with E-state index in [-0.39, 0.29) is 0 Å². The van der Waals surface area contributed by atoms with Crippen molar-refractivity contribution < 1.29 is 9.47 Å². The van der Waals surface area contributed by atoms with Crippen molar-refractivity contribution in [2.75, 3.05) is 27.3 Å². The van der Waals surface area contributed by atoms with Crippen LogP contribution in [0.1, 0.15) is 25.8 Å². The number of hydrogen-bond donors (Lipinski definition) is 1. The average Bonchev–Trinajstić information content (AvgIpc) is 2.41. The van der Waals surface area contributed by atoms with Gasteiger partial charge in [-0.25, -0.2) is 0 Å². The lowest BCUT2D eigenvalue weighted by Crippen LogP contribution is -2.09. The van der Waals surface area contributed by atoms with E-state index in [1.54, 1.807) is 7.11 Å². The molecule has 0 aliphatic carbocycles. The van der Waals surface area contributed by atoms with E-state index < -0.39 is 0 Å². The van der Waals surface area contributed by atoms with Crippen molar-refractivity contribution >= 4 is 17.7 Å². The fourth-order valence-corrected chi connectivity index (χ4v) is 2.12. The summed E-state index contributed by atoms with van der Waals surface area (Å²) in [7, 11) is 3.56. The summed E-state index contributed by atoms with van der Waals surface area (Å²) in [6.07, 6.45) is 3.12. The summed E-state index contributed by atoms with van der Waals surface area (Å²) in [5.74, 6) is 1.27. The van der Waals surface area contributed by atoms with Crippen LogP contribution < -0.4 is 14.8 Å². The maximum Gasteiger partial charge on any atom is 0.179 e. The van der Waals surface area contributed by atoms with Crippen LogP contribution in [0.4, 0.5) is 0 Å². The standard InChI is InChI=1S/C15H22ClNO2/c1-5-11(10-17-3)7-12-8-13(16)15(19-6-2)14(9-12)18-4/h7-9,17H,5-6,10H2,1-4H3. The Morgan fingerprint density at radius 2 is 2.11 bits per heavy atom. The smallest absolute Gasteiger partial charge is 0.179 e. The molecule has 0 aliphatic rings. The van der Waals surface area contributed by atoms with Crippen LogP contribution in [-0.2, 0) is 0 Å². The van der Waals surface area contributed by atoms with Crippen molar-refractivity contribution in [1.29, 1.82) is 0 Å².